The maximum Gasteiger partial charge on any atom is 0.0703 e. The Labute approximate surface area is 52.0 Å². The molecule has 0 atom stereocenters. The first-order valence-electron chi connectivity index (χ1n) is 3.07. The van der Waals surface area contributed by atoms with Gasteiger partial charge in [-0.3, -0.25) is 0 Å². The molecule has 0 aromatic carbocycles. The molecule has 1 heterocycles. The molecule has 0 bridgehead atoms. The molecule has 42 valence electrons. The molecule has 0 saturated heterocycles. The van der Waals surface area contributed by atoms with E-state index in [4.69, 9.17) is 0 Å². The van der Waals surface area contributed by atoms with Crippen molar-refractivity contribution in [1.82, 2.24) is 4.98 Å². The van der Waals surface area contributed by atoms with Gasteiger partial charge in [0.15, 0.2) is 0 Å². The van der Waals surface area contributed by atoms with Gasteiger partial charge >= 0.3 is 0 Å². The van der Waals surface area contributed by atoms with Crippen molar-refractivity contribution in [3.8, 4) is 11.1 Å². The van der Waals surface area contributed by atoms with Gasteiger partial charge in [0.2, 0.25) is 0 Å². The lowest BCUT2D eigenvalue weighted by atomic mass is 10.2. The molecule has 0 radical (unpaired) electrons. The van der Waals surface area contributed by atoms with Crippen LogP contribution in [0, 0.1) is 10.7 Å². The van der Waals surface area contributed by atoms with Crippen LogP contribution in [0.5, 0.6) is 0 Å². The monoisotopic (exact) mass is 115 g/mol. The van der Waals surface area contributed by atoms with Crippen LogP contribution in [0.25, 0.3) is 11.1 Å². The highest BCUT2D eigenvalue weighted by Gasteiger charge is 2.11. The summed E-state index contributed by atoms with van der Waals surface area (Å²) in [6, 6.07) is 8.56. The van der Waals surface area contributed by atoms with Gasteiger partial charge in [-0.15, -0.1) is 0 Å². The molecule has 0 saturated carbocycles. The zero-order valence-corrected chi connectivity index (χ0v) is 4.81. The fourth-order valence-corrected chi connectivity index (χ4v) is 1.37. The van der Waals surface area contributed by atoms with Gasteiger partial charge in [-0.1, -0.05) is 18.2 Å². The molecule has 0 fully saturated rings. The van der Waals surface area contributed by atoms with Gasteiger partial charge < -0.3 is 4.98 Å². The Morgan fingerprint density at radius 2 is 2.22 bits per heavy atom. The molecule has 0 aromatic heterocycles. The molecule has 2 aliphatic carbocycles. The van der Waals surface area contributed by atoms with Gasteiger partial charge in [0.05, 0.1) is 10.7 Å². The lowest BCUT2D eigenvalue weighted by molar-refractivity contribution is 1.49. The average molecular weight is 115 g/mol. The van der Waals surface area contributed by atoms with E-state index in [1.165, 1.54) is 21.8 Å². The second kappa shape index (κ2) is 0.903. The summed E-state index contributed by atoms with van der Waals surface area (Å²) in [5, 5.41) is 2.66. The second-order valence-electron chi connectivity index (χ2n) is 2.45. The smallest absolute Gasteiger partial charge is 0.0703 e. The molecule has 1 N–H and O–H groups in total. The lowest BCUT2D eigenvalue weighted by Gasteiger charge is -1.82. The molecule has 0 unspecified atom stereocenters. The zero-order valence-electron chi connectivity index (χ0n) is 4.81. The Balaban J connectivity index is 2.72. The Kier molecular flexibility index (Phi) is 0.374. The van der Waals surface area contributed by atoms with Gasteiger partial charge in [0, 0.05) is 5.56 Å². The van der Waals surface area contributed by atoms with Gasteiger partial charge in [0.1, 0.15) is 0 Å². The van der Waals surface area contributed by atoms with E-state index in [-0.39, 0.29) is 0 Å². The SMILES string of the molecule is c1cc2cc3[nH]c=3c-2c1. The number of aromatic amines is 1. The maximum atomic E-state index is 3.19. The molecule has 1 nitrogen and oxygen atoms in total. The Bertz CT molecular complexity index is 425. The van der Waals surface area contributed by atoms with Crippen molar-refractivity contribution in [2.75, 3.05) is 0 Å². The molecular weight excluding hydrogens is 110 g/mol. The van der Waals surface area contributed by atoms with Gasteiger partial charge in [-0.25, -0.2) is 0 Å². The van der Waals surface area contributed by atoms with Crippen LogP contribution in [0.3, 0.4) is 0 Å². The normalized spacial score (nSPS) is 12.4. The minimum Gasteiger partial charge on any atom is -0.352 e. The highest BCUT2D eigenvalue weighted by Crippen LogP contribution is 2.28. The largest absolute Gasteiger partial charge is 0.352 e. The highest BCUT2D eigenvalue weighted by molar-refractivity contribution is 5.69. The van der Waals surface area contributed by atoms with Crippen LogP contribution in [0.15, 0.2) is 24.3 Å². The molecule has 0 aromatic rings. The number of rotatable bonds is 0. The third kappa shape index (κ3) is 0.296. The number of nitrogens with one attached hydrogen (secondary N) is 1. The van der Waals surface area contributed by atoms with Gasteiger partial charge in [-0.2, -0.15) is 0 Å². The first-order chi connectivity index (χ1) is 4.45. The molecule has 1 heteroatoms. The molecule has 0 amide bonds. The molecule has 1 aliphatic heterocycles. The van der Waals surface area contributed by atoms with Crippen molar-refractivity contribution < 1.29 is 0 Å². The van der Waals surface area contributed by atoms with Crippen LogP contribution in [0.4, 0.5) is 0 Å². The van der Waals surface area contributed by atoms with Crippen LogP contribution in [0.2, 0.25) is 0 Å². The van der Waals surface area contributed by atoms with E-state index in [0.717, 1.165) is 0 Å². The van der Waals surface area contributed by atoms with E-state index in [9.17, 15) is 0 Å². The summed E-state index contributed by atoms with van der Waals surface area (Å²) in [5.41, 5.74) is 2.75. The highest BCUT2D eigenvalue weighted by atomic mass is 14.8. The second-order valence-corrected chi connectivity index (χ2v) is 2.45. The summed E-state index contributed by atoms with van der Waals surface area (Å²) in [6.07, 6.45) is 0. The molecule has 9 heavy (non-hydrogen) atoms. The van der Waals surface area contributed by atoms with E-state index in [1.54, 1.807) is 0 Å². The van der Waals surface area contributed by atoms with Crippen LogP contribution in [-0.2, 0) is 0 Å². The van der Waals surface area contributed by atoms with Crippen LogP contribution < -0.4 is 0 Å². The van der Waals surface area contributed by atoms with Crippen molar-refractivity contribution in [2.45, 2.75) is 0 Å². The first-order valence-corrected chi connectivity index (χ1v) is 3.07. The van der Waals surface area contributed by atoms with E-state index < -0.39 is 0 Å². The summed E-state index contributed by atoms with van der Waals surface area (Å²) < 4.78 is 0. The first kappa shape index (κ1) is 3.72. The topological polar surface area (TPSA) is 15.8 Å². The van der Waals surface area contributed by atoms with Crippen molar-refractivity contribution in [2.24, 2.45) is 0 Å². The number of hydrogen-bond donors (Lipinski definition) is 1. The third-order valence-corrected chi connectivity index (χ3v) is 1.89. The Morgan fingerprint density at radius 3 is 3.11 bits per heavy atom. The van der Waals surface area contributed by atoms with Crippen molar-refractivity contribution in [1.29, 1.82) is 0 Å². The van der Waals surface area contributed by atoms with E-state index in [1.807, 2.05) is 0 Å². The Morgan fingerprint density at radius 1 is 1.22 bits per heavy atom. The predicted octanol–water partition coefficient (Wildman–Crippen LogP) is 1.72. The standard InChI is InChI=1S/C8H5N/c1-2-5-4-7-8(9-7)6(5)3-1/h1-4,9H. The Hall–Kier alpha value is -1.24. The third-order valence-electron chi connectivity index (χ3n) is 1.89. The minimum absolute atomic E-state index is 1.32. The van der Waals surface area contributed by atoms with E-state index in [2.05, 4.69) is 29.2 Å². The zero-order chi connectivity index (χ0) is 5.84. The fourth-order valence-electron chi connectivity index (χ4n) is 1.37. The van der Waals surface area contributed by atoms with Crippen LogP contribution >= 0.6 is 0 Å². The molecule has 3 rings (SSSR count). The summed E-state index contributed by atoms with van der Waals surface area (Å²) in [6.45, 7) is 0. The predicted molar refractivity (Wildman–Crippen MR) is 35.1 cm³/mol. The molecule has 0 spiro atoms. The van der Waals surface area contributed by atoms with Gasteiger partial charge in [0.25, 0.3) is 0 Å². The number of H-pyrrole nitrogens is 1. The number of pyridine rings is 1. The molecular formula is C8H5N. The minimum atomic E-state index is 1.32. The van der Waals surface area contributed by atoms with Gasteiger partial charge in [-0.05, 0) is 11.6 Å². The lowest BCUT2D eigenvalue weighted by Crippen LogP contribution is -1.61. The number of fused-ring (bicyclic) bond motifs is 2. The van der Waals surface area contributed by atoms with E-state index >= 15 is 0 Å². The number of aromatic nitrogens is 1. The fraction of sp³-hybridized carbons (Fsp3) is 0. The number of hydrogen-bond acceptors (Lipinski definition) is 0. The summed E-state index contributed by atoms with van der Waals surface area (Å²) in [4.78, 5) is 3.19. The maximum absolute atomic E-state index is 3.19. The average Bonchev–Trinajstić information content (AvgIpc) is 2.38. The summed E-state index contributed by atoms with van der Waals surface area (Å²) in [5.74, 6) is 0. The van der Waals surface area contributed by atoms with Crippen molar-refractivity contribution in [3.63, 3.8) is 0 Å². The van der Waals surface area contributed by atoms with Crippen molar-refractivity contribution in [3.05, 3.63) is 35.0 Å². The summed E-state index contributed by atoms with van der Waals surface area (Å²) >= 11 is 0. The quantitative estimate of drug-likeness (QED) is 0.459. The van der Waals surface area contributed by atoms with Crippen molar-refractivity contribution >= 4 is 0 Å². The van der Waals surface area contributed by atoms with E-state index in [0.29, 0.717) is 0 Å². The summed E-state index contributed by atoms with van der Waals surface area (Å²) in [7, 11) is 0. The molecule has 3 aliphatic rings. The van der Waals surface area contributed by atoms with Crippen LogP contribution in [0.1, 0.15) is 0 Å². The van der Waals surface area contributed by atoms with Crippen LogP contribution in [-0.4, -0.2) is 4.98 Å².